The molecular weight excluding hydrogens is 242 g/mol. The molecule has 0 spiro atoms. The Hall–Kier alpha value is -2.30. The molecule has 19 heavy (non-hydrogen) atoms. The number of hydrogen-bond donors (Lipinski definition) is 1. The highest BCUT2D eigenvalue weighted by Crippen LogP contribution is 2.38. The standard InChI is InChI=1S/C14H17N3O2/c1-8-9(2)14(15)17-16-12(8)10-6-5-7-11(18-3)13(10)19-4/h5-7H,1-4H3,(H2,15,17). The average Bonchev–Trinajstić information content (AvgIpc) is 2.44. The van der Waals surface area contributed by atoms with Gasteiger partial charge < -0.3 is 15.2 Å². The van der Waals surface area contributed by atoms with Crippen LogP contribution in [0.15, 0.2) is 18.2 Å². The van der Waals surface area contributed by atoms with Gasteiger partial charge in [0.05, 0.1) is 14.2 Å². The van der Waals surface area contributed by atoms with Gasteiger partial charge in [0.25, 0.3) is 0 Å². The molecule has 0 unspecified atom stereocenters. The Labute approximate surface area is 112 Å². The van der Waals surface area contributed by atoms with Gasteiger partial charge in [-0.3, -0.25) is 0 Å². The summed E-state index contributed by atoms with van der Waals surface area (Å²) in [5.74, 6) is 1.75. The van der Waals surface area contributed by atoms with Crippen molar-refractivity contribution in [3.8, 4) is 22.8 Å². The van der Waals surface area contributed by atoms with Crippen molar-refractivity contribution in [1.82, 2.24) is 10.2 Å². The number of benzene rings is 1. The Morgan fingerprint density at radius 3 is 2.37 bits per heavy atom. The number of para-hydroxylation sites is 1. The summed E-state index contributed by atoms with van der Waals surface area (Å²) in [5.41, 5.74) is 9.27. The van der Waals surface area contributed by atoms with E-state index in [0.717, 1.165) is 22.4 Å². The SMILES string of the molecule is COc1cccc(-c2nnc(N)c(C)c2C)c1OC. The van der Waals surface area contributed by atoms with E-state index in [1.807, 2.05) is 32.0 Å². The van der Waals surface area contributed by atoms with E-state index in [1.165, 1.54) is 0 Å². The number of nitrogens with two attached hydrogens (primary N) is 1. The zero-order chi connectivity index (χ0) is 14.0. The zero-order valence-corrected chi connectivity index (χ0v) is 11.5. The van der Waals surface area contributed by atoms with Crippen molar-refractivity contribution in [3.63, 3.8) is 0 Å². The van der Waals surface area contributed by atoms with Crippen molar-refractivity contribution in [2.45, 2.75) is 13.8 Å². The van der Waals surface area contributed by atoms with Gasteiger partial charge in [0.1, 0.15) is 11.5 Å². The van der Waals surface area contributed by atoms with Crippen LogP contribution < -0.4 is 15.2 Å². The largest absolute Gasteiger partial charge is 0.493 e. The van der Waals surface area contributed by atoms with Gasteiger partial charge in [-0.15, -0.1) is 10.2 Å². The minimum Gasteiger partial charge on any atom is -0.493 e. The number of nitrogen functional groups attached to an aromatic ring is 1. The van der Waals surface area contributed by atoms with Gasteiger partial charge in [-0.1, -0.05) is 6.07 Å². The molecule has 0 bridgehead atoms. The minimum atomic E-state index is 0.447. The van der Waals surface area contributed by atoms with Crippen LogP contribution in [0.4, 0.5) is 5.82 Å². The van der Waals surface area contributed by atoms with Crippen LogP contribution in [0.1, 0.15) is 11.1 Å². The molecule has 0 aliphatic rings. The molecule has 1 aromatic carbocycles. The van der Waals surface area contributed by atoms with Crippen molar-refractivity contribution in [3.05, 3.63) is 29.3 Å². The van der Waals surface area contributed by atoms with E-state index in [4.69, 9.17) is 15.2 Å². The van der Waals surface area contributed by atoms with E-state index < -0.39 is 0 Å². The van der Waals surface area contributed by atoms with E-state index in [9.17, 15) is 0 Å². The molecule has 0 aliphatic carbocycles. The van der Waals surface area contributed by atoms with Crippen LogP contribution in [-0.2, 0) is 0 Å². The van der Waals surface area contributed by atoms with Gasteiger partial charge in [0.2, 0.25) is 0 Å². The number of hydrogen-bond acceptors (Lipinski definition) is 5. The first-order valence-electron chi connectivity index (χ1n) is 5.90. The molecule has 0 amide bonds. The minimum absolute atomic E-state index is 0.447. The number of methoxy groups -OCH3 is 2. The highest BCUT2D eigenvalue weighted by Gasteiger charge is 2.16. The molecule has 5 nitrogen and oxygen atoms in total. The predicted octanol–water partition coefficient (Wildman–Crippen LogP) is 2.36. The zero-order valence-electron chi connectivity index (χ0n) is 11.5. The van der Waals surface area contributed by atoms with Crippen LogP contribution in [0.25, 0.3) is 11.3 Å². The van der Waals surface area contributed by atoms with E-state index in [-0.39, 0.29) is 0 Å². The number of ether oxygens (including phenoxy) is 2. The molecule has 2 rings (SSSR count). The summed E-state index contributed by atoms with van der Waals surface area (Å²) in [6.07, 6.45) is 0. The fraction of sp³-hybridized carbons (Fsp3) is 0.286. The fourth-order valence-electron chi connectivity index (χ4n) is 1.95. The second-order valence-corrected chi connectivity index (χ2v) is 4.22. The van der Waals surface area contributed by atoms with Gasteiger partial charge in [-0.05, 0) is 37.1 Å². The van der Waals surface area contributed by atoms with Crippen LogP contribution in [0, 0.1) is 13.8 Å². The first kappa shape index (κ1) is 13.1. The van der Waals surface area contributed by atoms with Crippen molar-refractivity contribution in [1.29, 1.82) is 0 Å². The molecule has 2 N–H and O–H groups in total. The summed E-state index contributed by atoms with van der Waals surface area (Å²) in [6, 6.07) is 5.66. The summed E-state index contributed by atoms with van der Waals surface area (Å²) >= 11 is 0. The number of aromatic nitrogens is 2. The molecule has 0 saturated carbocycles. The van der Waals surface area contributed by atoms with Crippen LogP contribution in [0.2, 0.25) is 0 Å². The summed E-state index contributed by atoms with van der Waals surface area (Å²) in [7, 11) is 3.21. The molecule has 2 aromatic rings. The Morgan fingerprint density at radius 2 is 1.74 bits per heavy atom. The molecule has 5 heteroatoms. The Morgan fingerprint density at radius 1 is 1.00 bits per heavy atom. The van der Waals surface area contributed by atoms with Crippen molar-refractivity contribution in [2.24, 2.45) is 0 Å². The molecule has 0 saturated heterocycles. The summed E-state index contributed by atoms with van der Waals surface area (Å²) in [4.78, 5) is 0. The normalized spacial score (nSPS) is 10.3. The third kappa shape index (κ3) is 2.19. The first-order valence-corrected chi connectivity index (χ1v) is 5.90. The predicted molar refractivity (Wildman–Crippen MR) is 74.5 cm³/mol. The maximum Gasteiger partial charge on any atom is 0.170 e. The van der Waals surface area contributed by atoms with Gasteiger partial charge in [0, 0.05) is 5.56 Å². The lowest BCUT2D eigenvalue weighted by Gasteiger charge is -2.14. The molecule has 0 radical (unpaired) electrons. The van der Waals surface area contributed by atoms with Crippen LogP contribution >= 0.6 is 0 Å². The average molecular weight is 259 g/mol. The Kier molecular flexibility index (Phi) is 3.55. The highest BCUT2D eigenvalue weighted by molar-refractivity contribution is 5.74. The van der Waals surface area contributed by atoms with Crippen LogP contribution in [-0.4, -0.2) is 24.4 Å². The van der Waals surface area contributed by atoms with Gasteiger partial charge >= 0.3 is 0 Å². The number of nitrogens with zero attached hydrogens (tertiary/aromatic N) is 2. The molecule has 1 heterocycles. The molecular formula is C14H17N3O2. The Balaban J connectivity index is 2.69. The monoisotopic (exact) mass is 259 g/mol. The molecule has 1 aromatic heterocycles. The lowest BCUT2D eigenvalue weighted by molar-refractivity contribution is 0.356. The van der Waals surface area contributed by atoms with E-state index in [2.05, 4.69) is 10.2 Å². The molecule has 0 atom stereocenters. The van der Waals surface area contributed by atoms with Crippen molar-refractivity contribution in [2.75, 3.05) is 20.0 Å². The molecule has 0 fully saturated rings. The third-order valence-corrected chi connectivity index (χ3v) is 3.22. The summed E-state index contributed by atoms with van der Waals surface area (Å²) < 4.78 is 10.7. The van der Waals surface area contributed by atoms with E-state index in [1.54, 1.807) is 14.2 Å². The van der Waals surface area contributed by atoms with Crippen molar-refractivity contribution >= 4 is 5.82 Å². The number of rotatable bonds is 3. The van der Waals surface area contributed by atoms with Crippen LogP contribution in [0.3, 0.4) is 0 Å². The van der Waals surface area contributed by atoms with Crippen LogP contribution in [0.5, 0.6) is 11.5 Å². The van der Waals surface area contributed by atoms with Gasteiger partial charge in [-0.25, -0.2) is 0 Å². The van der Waals surface area contributed by atoms with Gasteiger partial charge in [-0.2, -0.15) is 0 Å². The maximum atomic E-state index is 5.76. The topological polar surface area (TPSA) is 70.3 Å². The summed E-state index contributed by atoms with van der Waals surface area (Å²) in [6.45, 7) is 3.89. The molecule has 100 valence electrons. The smallest absolute Gasteiger partial charge is 0.170 e. The lowest BCUT2D eigenvalue weighted by atomic mass is 10.0. The second-order valence-electron chi connectivity index (χ2n) is 4.22. The van der Waals surface area contributed by atoms with E-state index >= 15 is 0 Å². The quantitative estimate of drug-likeness (QED) is 0.916. The summed E-state index contributed by atoms with van der Waals surface area (Å²) in [5, 5.41) is 8.16. The van der Waals surface area contributed by atoms with E-state index in [0.29, 0.717) is 17.3 Å². The Bertz CT molecular complexity index is 612. The molecule has 0 aliphatic heterocycles. The van der Waals surface area contributed by atoms with Gasteiger partial charge in [0.15, 0.2) is 11.5 Å². The number of anilines is 1. The fourth-order valence-corrected chi connectivity index (χ4v) is 1.95. The first-order chi connectivity index (χ1) is 9.10. The second kappa shape index (κ2) is 5.14. The maximum absolute atomic E-state index is 5.76. The van der Waals surface area contributed by atoms with Crippen molar-refractivity contribution < 1.29 is 9.47 Å². The highest BCUT2D eigenvalue weighted by atomic mass is 16.5. The third-order valence-electron chi connectivity index (χ3n) is 3.22. The lowest BCUT2D eigenvalue weighted by Crippen LogP contribution is -2.03.